The molecule has 10 nitrogen and oxygen atoms in total. The number of alkyl halides is 1. The molecule has 240 valence electrons. The predicted octanol–water partition coefficient (Wildman–Crippen LogP) is 3.69. The van der Waals surface area contributed by atoms with Crippen molar-refractivity contribution >= 4 is 43.9 Å². The highest BCUT2D eigenvalue weighted by Crippen LogP contribution is 2.36. The Kier molecular flexibility index (Phi) is 8.97. The van der Waals surface area contributed by atoms with Gasteiger partial charge in [-0.3, -0.25) is 13.9 Å². The van der Waals surface area contributed by atoms with E-state index in [9.17, 15) is 22.4 Å². The Hall–Kier alpha value is -3.39. The molecule has 3 saturated heterocycles. The van der Waals surface area contributed by atoms with Crippen LogP contribution in [0, 0.1) is 5.92 Å². The van der Waals surface area contributed by atoms with E-state index in [-0.39, 0.29) is 41.9 Å². The summed E-state index contributed by atoms with van der Waals surface area (Å²) < 4.78 is 50.2. The molecular formula is C32H38FN5O5S2. The van der Waals surface area contributed by atoms with Gasteiger partial charge in [-0.05, 0) is 43.7 Å². The fraction of sp³-hybridized carbons (Fsp3) is 0.469. The average molecular weight is 656 g/mol. The molecule has 0 radical (unpaired) electrons. The van der Waals surface area contributed by atoms with Gasteiger partial charge in [0, 0.05) is 37.1 Å². The molecule has 3 aliphatic rings. The van der Waals surface area contributed by atoms with Gasteiger partial charge in [0.15, 0.2) is 10.9 Å². The Bertz CT molecular complexity index is 1630. The number of likely N-dealkylation sites (tertiary alicyclic amines) is 1. The molecule has 45 heavy (non-hydrogen) atoms. The standard InChI is InChI=1S/C32H38FN5O5S2/c1-21(2)17-27(31(40)37-18-25(33)30-29(37)28(39)19-43-30)38(45(41,42)24-7-5-4-6-8-24)23-11-9-22(10-12-23)26-20-44-32(34-26)36-15-13-35(3)14-16-36/h4-12,20-21,25,27,29-30H,13-19H2,1-3H3/t25-,27-,29+,30+/m0/s1. The third-order valence-electron chi connectivity index (χ3n) is 8.65. The monoisotopic (exact) mass is 655 g/mol. The molecule has 0 bridgehead atoms. The second-order valence-corrected chi connectivity index (χ2v) is 15.0. The van der Waals surface area contributed by atoms with E-state index >= 15 is 0 Å². The number of carbonyl (C=O) groups is 2. The highest BCUT2D eigenvalue weighted by Gasteiger charge is 2.54. The molecule has 1 aromatic heterocycles. The number of hydrogen-bond acceptors (Lipinski definition) is 9. The Morgan fingerprint density at radius 2 is 1.78 bits per heavy atom. The summed E-state index contributed by atoms with van der Waals surface area (Å²) in [5.74, 6) is -1.08. The first-order valence-electron chi connectivity index (χ1n) is 15.2. The number of amides is 1. The van der Waals surface area contributed by atoms with Gasteiger partial charge in [0.1, 0.15) is 31.0 Å². The number of rotatable bonds is 9. The fourth-order valence-electron chi connectivity index (χ4n) is 6.27. The predicted molar refractivity (Wildman–Crippen MR) is 172 cm³/mol. The van der Waals surface area contributed by atoms with Crippen LogP contribution < -0.4 is 9.21 Å². The van der Waals surface area contributed by atoms with E-state index < -0.39 is 40.3 Å². The number of Topliss-reactive ketones (excluding diaryl/α,β-unsaturated/α-hetero) is 1. The molecule has 0 unspecified atom stereocenters. The molecule has 0 N–H and O–H groups in total. The normalized spacial score (nSPS) is 23.0. The first-order chi connectivity index (χ1) is 21.5. The minimum Gasteiger partial charge on any atom is -0.365 e. The molecule has 3 aliphatic heterocycles. The Morgan fingerprint density at radius 3 is 2.44 bits per heavy atom. The summed E-state index contributed by atoms with van der Waals surface area (Å²) in [6.07, 6.45) is -2.40. The van der Waals surface area contributed by atoms with Crippen LogP contribution in [0.25, 0.3) is 11.3 Å². The van der Waals surface area contributed by atoms with Crippen LogP contribution in [0.2, 0.25) is 0 Å². The number of aromatic nitrogens is 1. The number of hydrogen-bond donors (Lipinski definition) is 0. The summed E-state index contributed by atoms with van der Waals surface area (Å²) in [5, 5.41) is 2.93. The Morgan fingerprint density at radius 1 is 1.09 bits per heavy atom. The van der Waals surface area contributed by atoms with E-state index in [2.05, 4.69) is 16.8 Å². The van der Waals surface area contributed by atoms with Crippen LogP contribution in [0.1, 0.15) is 20.3 Å². The number of piperazine rings is 1. The van der Waals surface area contributed by atoms with E-state index in [0.29, 0.717) is 0 Å². The van der Waals surface area contributed by atoms with Gasteiger partial charge in [0.25, 0.3) is 10.0 Å². The molecule has 13 heteroatoms. The van der Waals surface area contributed by atoms with Gasteiger partial charge in [-0.2, -0.15) is 0 Å². The van der Waals surface area contributed by atoms with Crippen molar-refractivity contribution in [1.82, 2.24) is 14.8 Å². The van der Waals surface area contributed by atoms with Crippen molar-refractivity contribution in [2.45, 2.75) is 49.5 Å². The van der Waals surface area contributed by atoms with Crippen LogP contribution in [-0.4, -0.2) is 106 Å². The zero-order chi connectivity index (χ0) is 31.9. The number of ketones is 1. The fourth-order valence-corrected chi connectivity index (χ4v) is 8.80. The average Bonchev–Trinajstić information content (AvgIpc) is 3.75. The topological polar surface area (TPSA) is 103 Å². The van der Waals surface area contributed by atoms with Crippen LogP contribution in [0.5, 0.6) is 0 Å². The van der Waals surface area contributed by atoms with Crippen molar-refractivity contribution in [3.05, 3.63) is 60.0 Å². The molecular weight excluding hydrogens is 618 g/mol. The lowest BCUT2D eigenvalue weighted by Crippen LogP contribution is -2.54. The highest BCUT2D eigenvalue weighted by molar-refractivity contribution is 7.93. The number of nitrogens with zero attached hydrogens (tertiary/aromatic N) is 5. The zero-order valence-corrected chi connectivity index (χ0v) is 27.2. The number of halogens is 1. The highest BCUT2D eigenvalue weighted by atomic mass is 32.2. The van der Waals surface area contributed by atoms with Crippen molar-refractivity contribution in [1.29, 1.82) is 0 Å². The largest absolute Gasteiger partial charge is 0.365 e. The van der Waals surface area contributed by atoms with Crippen LogP contribution in [0.4, 0.5) is 15.2 Å². The molecule has 0 saturated carbocycles. The SMILES string of the molecule is CC(C)C[C@@H](C(=O)N1C[C@H](F)[C@H]2OCC(=O)[C@H]21)N(c1ccc(-c2csc(N3CCN(C)CC3)n2)cc1)S(=O)(=O)c1ccccc1. The van der Waals surface area contributed by atoms with Crippen LogP contribution in [0.15, 0.2) is 64.9 Å². The van der Waals surface area contributed by atoms with E-state index in [1.807, 2.05) is 19.2 Å². The van der Waals surface area contributed by atoms with Crippen molar-refractivity contribution in [2.24, 2.45) is 5.92 Å². The molecule has 4 atom stereocenters. The summed E-state index contributed by atoms with van der Waals surface area (Å²) in [6.45, 7) is 6.94. The number of sulfonamides is 1. The number of fused-ring (bicyclic) bond motifs is 1. The van der Waals surface area contributed by atoms with E-state index in [4.69, 9.17) is 9.72 Å². The Labute approximate surface area is 267 Å². The van der Waals surface area contributed by atoms with Crippen molar-refractivity contribution in [3.63, 3.8) is 0 Å². The molecule has 3 aromatic rings. The smallest absolute Gasteiger partial charge is 0.265 e. The van der Waals surface area contributed by atoms with Crippen molar-refractivity contribution in [2.75, 3.05) is 55.6 Å². The van der Waals surface area contributed by atoms with Gasteiger partial charge in [0.05, 0.1) is 22.8 Å². The molecule has 4 heterocycles. The molecule has 6 rings (SSSR count). The summed E-state index contributed by atoms with van der Waals surface area (Å²) in [5.41, 5.74) is 1.89. The van der Waals surface area contributed by atoms with Crippen molar-refractivity contribution in [3.8, 4) is 11.3 Å². The van der Waals surface area contributed by atoms with E-state index in [1.54, 1.807) is 53.8 Å². The minimum absolute atomic E-state index is 0.0231. The number of likely N-dealkylation sites (N-methyl/N-ethyl adjacent to an activating group) is 1. The van der Waals surface area contributed by atoms with Gasteiger partial charge < -0.3 is 19.4 Å². The summed E-state index contributed by atoms with van der Waals surface area (Å²) in [6, 6.07) is 12.6. The van der Waals surface area contributed by atoms with Crippen molar-refractivity contribution < 1.29 is 27.1 Å². The first kappa shape index (κ1) is 31.6. The number of benzene rings is 2. The maximum atomic E-state index is 14.9. The lowest BCUT2D eigenvalue weighted by Gasteiger charge is -2.36. The number of carbonyl (C=O) groups excluding carboxylic acids is 2. The Balaban J connectivity index is 1.36. The molecule has 2 aromatic carbocycles. The van der Waals surface area contributed by atoms with Crippen LogP contribution in [0.3, 0.4) is 0 Å². The lowest BCUT2D eigenvalue weighted by atomic mass is 10.0. The van der Waals surface area contributed by atoms with Gasteiger partial charge in [-0.1, -0.05) is 44.2 Å². The summed E-state index contributed by atoms with van der Waals surface area (Å²) >= 11 is 1.57. The number of anilines is 2. The molecule has 0 aliphatic carbocycles. The second kappa shape index (κ2) is 12.8. The van der Waals surface area contributed by atoms with Gasteiger partial charge >= 0.3 is 0 Å². The van der Waals surface area contributed by atoms with Gasteiger partial charge in [0.2, 0.25) is 5.91 Å². The number of thiazole rings is 1. The molecule has 1 amide bonds. The van der Waals surface area contributed by atoms with Crippen LogP contribution >= 0.6 is 11.3 Å². The minimum atomic E-state index is -4.26. The summed E-state index contributed by atoms with van der Waals surface area (Å²) in [7, 11) is -2.16. The van der Waals surface area contributed by atoms with E-state index in [1.165, 1.54) is 17.0 Å². The maximum Gasteiger partial charge on any atom is 0.265 e. The zero-order valence-electron chi connectivity index (χ0n) is 25.6. The third kappa shape index (κ3) is 6.23. The first-order valence-corrected chi connectivity index (χ1v) is 17.5. The van der Waals surface area contributed by atoms with Gasteiger partial charge in [-0.25, -0.2) is 17.8 Å². The van der Waals surface area contributed by atoms with Crippen LogP contribution in [-0.2, 0) is 24.3 Å². The number of ether oxygens (including phenoxy) is 1. The second-order valence-electron chi connectivity index (χ2n) is 12.3. The lowest BCUT2D eigenvalue weighted by molar-refractivity contribution is -0.137. The van der Waals surface area contributed by atoms with Gasteiger partial charge in [-0.15, -0.1) is 11.3 Å². The molecule has 0 spiro atoms. The molecule has 3 fully saturated rings. The summed E-state index contributed by atoms with van der Waals surface area (Å²) in [4.78, 5) is 37.6. The quantitative estimate of drug-likeness (QED) is 0.344. The third-order valence-corrected chi connectivity index (χ3v) is 11.4. The maximum absolute atomic E-state index is 14.9. The van der Waals surface area contributed by atoms with E-state index in [0.717, 1.165) is 46.9 Å².